The van der Waals surface area contributed by atoms with Crippen molar-refractivity contribution < 1.29 is 25.3 Å². The molecule has 0 amide bonds. The third kappa shape index (κ3) is 4.32. The van der Waals surface area contributed by atoms with Crippen molar-refractivity contribution in [3.8, 4) is 0 Å². The summed E-state index contributed by atoms with van der Waals surface area (Å²) >= 11 is 0. The van der Waals surface area contributed by atoms with Gasteiger partial charge in [-0.1, -0.05) is 23.8 Å². The van der Waals surface area contributed by atoms with Crippen molar-refractivity contribution in [1.82, 2.24) is 0 Å². The highest BCUT2D eigenvalue weighted by Crippen LogP contribution is 2.23. The Kier molecular flexibility index (Phi) is 2.29. The zero-order chi connectivity index (χ0) is 20.4. The van der Waals surface area contributed by atoms with Crippen LogP contribution in [0.4, 0.5) is 0 Å². The summed E-state index contributed by atoms with van der Waals surface area (Å²) in [4.78, 5) is 23.5. The Morgan fingerprint density at radius 2 is 2.50 bits per heavy atom. The van der Waals surface area contributed by atoms with Crippen LogP contribution in [0, 0.1) is 5.92 Å². The lowest BCUT2D eigenvalue weighted by Crippen LogP contribution is -2.01. The lowest BCUT2D eigenvalue weighted by molar-refractivity contribution is -0.135. The zero-order valence-corrected chi connectivity index (χ0v) is 10.0. The molecule has 98 valence electrons. The highest BCUT2D eigenvalue weighted by molar-refractivity contribution is 5.92. The molecule has 1 aliphatic heterocycles. The summed E-state index contributed by atoms with van der Waals surface area (Å²) in [6.45, 7) is -0.943. The molecule has 18 heavy (non-hydrogen) atoms. The fraction of sp³-hybridized carbons (Fsp3) is 0.467. The second-order valence-corrected chi connectivity index (χ2v) is 3.88. The van der Waals surface area contributed by atoms with Crippen molar-refractivity contribution in [3.63, 3.8) is 0 Å². The van der Waals surface area contributed by atoms with E-state index in [1.807, 2.05) is 0 Å². The van der Waals surface area contributed by atoms with Gasteiger partial charge in [-0.2, -0.15) is 0 Å². The molecular formula is C15H20O3. The predicted octanol–water partition coefficient (Wildman–Crippen LogP) is 2.98. The van der Waals surface area contributed by atoms with E-state index in [0.717, 1.165) is 12.2 Å². The molecule has 0 bridgehead atoms. The Hall–Kier alpha value is -1.64. The average Bonchev–Trinajstić information content (AvgIpc) is 2.65. The van der Waals surface area contributed by atoms with Crippen LogP contribution in [0.2, 0.25) is 0 Å². The van der Waals surface area contributed by atoms with Gasteiger partial charge in [0.25, 0.3) is 0 Å². The number of esters is 1. The van der Waals surface area contributed by atoms with Crippen molar-refractivity contribution in [3.05, 3.63) is 35.5 Å². The maximum atomic E-state index is 12.0. The quantitative estimate of drug-likeness (QED) is 0.431. The minimum absolute atomic E-state index is 0.156. The van der Waals surface area contributed by atoms with Crippen LogP contribution < -0.4 is 0 Å². The first kappa shape index (κ1) is 6.50. The highest BCUT2D eigenvalue weighted by Gasteiger charge is 2.27. The van der Waals surface area contributed by atoms with E-state index in [1.165, 1.54) is 6.92 Å². The second-order valence-electron chi connectivity index (χ2n) is 3.88. The van der Waals surface area contributed by atoms with Gasteiger partial charge in [0.1, 0.15) is 0 Å². The molecule has 3 heteroatoms. The number of ketones is 1. The largest absolute Gasteiger partial charge is 0.462 e. The molecule has 0 radical (unpaired) electrons. The normalized spacial score (nSPS) is 31.6. The minimum Gasteiger partial charge on any atom is -0.462 e. The van der Waals surface area contributed by atoms with Gasteiger partial charge < -0.3 is 4.74 Å². The summed E-state index contributed by atoms with van der Waals surface area (Å²) in [6, 6.07) is 0. The lowest BCUT2D eigenvalue weighted by Gasteiger charge is -2.04. The third-order valence-corrected chi connectivity index (χ3v) is 2.08. The number of cyclic esters (lactones) is 1. The maximum Gasteiger partial charge on any atom is 0.333 e. The fourth-order valence-electron chi connectivity index (χ4n) is 1.25. The molecule has 0 spiro atoms. The van der Waals surface area contributed by atoms with Crippen LogP contribution in [0.1, 0.15) is 44.4 Å². The Morgan fingerprint density at radius 1 is 1.72 bits per heavy atom. The molecule has 0 aromatic heterocycles. The molecule has 0 N–H and O–H groups in total. The van der Waals surface area contributed by atoms with Crippen LogP contribution >= 0.6 is 0 Å². The van der Waals surface area contributed by atoms with Gasteiger partial charge in [0.05, 0.1) is 9.30 Å². The summed E-state index contributed by atoms with van der Waals surface area (Å²) < 4.78 is 65.4. The van der Waals surface area contributed by atoms with Crippen molar-refractivity contribution in [1.29, 1.82) is 0 Å². The summed E-state index contributed by atoms with van der Waals surface area (Å²) in [6.07, 6.45) is -1.23. The molecule has 0 aromatic rings. The van der Waals surface area contributed by atoms with Crippen molar-refractivity contribution in [2.75, 3.05) is 6.56 Å². The lowest BCUT2D eigenvalue weighted by atomic mass is 9.98. The van der Waals surface area contributed by atoms with Crippen LogP contribution in [-0.4, -0.2) is 18.3 Å². The minimum atomic E-state index is -2.65. The first-order valence-electron chi connectivity index (χ1n) is 9.53. The molecule has 1 saturated heterocycles. The standard InChI is InChI=1S/C15H20O3/c1-10(2)7-14(16)8-11(3)5-6-13-9-18-15(17)12(13)4/h5,7,13H,4,6,8-9H2,1-3H3/b11-5+/i1D2,3D2,6D2,9D2/b10-7+,11-5+. The first-order valence-corrected chi connectivity index (χ1v) is 5.23. The van der Waals surface area contributed by atoms with Crippen molar-refractivity contribution >= 4 is 11.8 Å². The monoisotopic (exact) mass is 256 g/mol. The fourth-order valence-corrected chi connectivity index (χ4v) is 1.25. The number of ether oxygens (including phenoxy) is 1. The molecule has 1 atom stereocenters. The van der Waals surface area contributed by atoms with Gasteiger partial charge in [-0.15, -0.1) is 0 Å². The Morgan fingerprint density at radius 3 is 3.06 bits per heavy atom. The maximum absolute atomic E-state index is 12.0. The average molecular weight is 256 g/mol. The summed E-state index contributed by atoms with van der Waals surface area (Å²) in [5.41, 5.74) is -0.489. The zero-order valence-electron chi connectivity index (χ0n) is 18.0. The van der Waals surface area contributed by atoms with Crippen LogP contribution in [0.5, 0.6) is 0 Å². The topological polar surface area (TPSA) is 43.4 Å². The molecule has 1 rings (SSSR count). The second kappa shape index (κ2) is 6.34. The SMILES string of the molecule is [2H]C([2H])/C(C)=C\C(=O)C/C(=C/C([2H])([2H])C1C(=C)C(=O)OC1([2H])[2H])C([2H])[2H]. The summed E-state index contributed by atoms with van der Waals surface area (Å²) in [5.74, 6) is -3.37. The van der Waals surface area contributed by atoms with Gasteiger partial charge in [-0.05, 0) is 33.1 Å². The molecule has 0 aliphatic carbocycles. The predicted molar refractivity (Wildman–Crippen MR) is 71.0 cm³/mol. The molecule has 1 fully saturated rings. The molecule has 3 nitrogen and oxygen atoms in total. The van der Waals surface area contributed by atoms with E-state index in [4.69, 9.17) is 11.0 Å². The number of rotatable bonds is 5. The van der Waals surface area contributed by atoms with Crippen molar-refractivity contribution in [2.24, 2.45) is 5.92 Å². The number of hydrogen-bond acceptors (Lipinski definition) is 3. The van der Waals surface area contributed by atoms with Gasteiger partial charge in [-0.25, -0.2) is 4.79 Å². The van der Waals surface area contributed by atoms with Crippen molar-refractivity contribution in [2.45, 2.75) is 33.5 Å². The van der Waals surface area contributed by atoms with E-state index in [1.54, 1.807) is 0 Å². The Bertz CT molecular complexity index is 664. The van der Waals surface area contributed by atoms with Gasteiger partial charge in [0.15, 0.2) is 5.78 Å². The van der Waals surface area contributed by atoms with E-state index < -0.39 is 56.3 Å². The number of allylic oxidation sites excluding steroid dienone is 4. The van der Waals surface area contributed by atoms with Crippen LogP contribution in [-0.2, 0) is 14.3 Å². The van der Waals surface area contributed by atoms with E-state index in [0.29, 0.717) is 0 Å². The van der Waals surface area contributed by atoms with Gasteiger partial charge in [0.2, 0.25) is 0 Å². The Balaban J connectivity index is 3.18. The molecule has 1 unspecified atom stereocenters. The van der Waals surface area contributed by atoms with Crippen LogP contribution in [0.3, 0.4) is 0 Å². The smallest absolute Gasteiger partial charge is 0.333 e. The molecule has 0 aromatic carbocycles. The molecular weight excluding hydrogens is 228 g/mol. The summed E-state index contributed by atoms with van der Waals surface area (Å²) in [5, 5.41) is 0. The number of hydrogen-bond donors (Lipinski definition) is 0. The molecule has 1 aliphatic rings. The first-order chi connectivity index (χ1) is 11.7. The number of carbonyl (C=O) groups excluding carboxylic acids is 2. The summed E-state index contributed by atoms with van der Waals surface area (Å²) in [7, 11) is 0. The van der Waals surface area contributed by atoms with E-state index in [9.17, 15) is 9.59 Å². The highest BCUT2D eigenvalue weighted by atomic mass is 16.5. The van der Waals surface area contributed by atoms with E-state index in [-0.39, 0.29) is 11.1 Å². The van der Waals surface area contributed by atoms with E-state index in [2.05, 4.69) is 11.3 Å². The molecule has 0 saturated carbocycles. The van der Waals surface area contributed by atoms with Gasteiger partial charge in [0, 0.05) is 26.1 Å². The van der Waals surface area contributed by atoms with Gasteiger partial charge in [-0.3, -0.25) is 4.79 Å². The van der Waals surface area contributed by atoms with E-state index >= 15 is 0 Å². The number of carbonyl (C=O) groups is 2. The Labute approximate surface area is 119 Å². The van der Waals surface area contributed by atoms with Gasteiger partial charge >= 0.3 is 5.97 Å². The van der Waals surface area contributed by atoms with Crippen LogP contribution in [0.15, 0.2) is 35.5 Å². The molecule has 1 heterocycles. The third-order valence-electron chi connectivity index (χ3n) is 2.08. The van der Waals surface area contributed by atoms with Crippen LogP contribution in [0.25, 0.3) is 0 Å².